The SMILES string of the molecule is Cc1nnc(SCCCNC(=O)[C@H]2CC(=O)Nc3ccccc32)s1. The van der Waals surface area contributed by atoms with E-state index >= 15 is 0 Å². The van der Waals surface area contributed by atoms with Crippen LogP contribution in [0.5, 0.6) is 0 Å². The molecule has 1 atom stereocenters. The van der Waals surface area contributed by atoms with Crippen molar-refractivity contribution in [2.45, 2.75) is 30.0 Å². The van der Waals surface area contributed by atoms with Crippen molar-refractivity contribution in [2.75, 3.05) is 17.6 Å². The Balaban J connectivity index is 1.48. The quantitative estimate of drug-likeness (QED) is 0.609. The van der Waals surface area contributed by atoms with Crippen LogP contribution in [0.1, 0.15) is 29.3 Å². The maximum atomic E-state index is 12.4. The monoisotopic (exact) mass is 362 g/mol. The van der Waals surface area contributed by atoms with Gasteiger partial charge in [-0.1, -0.05) is 41.3 Å². The summed E-state index contributed by atoms with van der Waals surface area (Å²) in [5, 5.41) is 14.7. The first-order valence-electron chi connectivity index (χ1n) is 7.73. The van der Waals surface area contributed by atoms with E-state index in [1.165, 1.54) is 0 Å². The van der Waals surface area contributed by atoms with Gasteiger partial charge in [-0.05, 0) is 25.0 Å². The number of thioether (sulfide) groups is 1. The topological polar surface area (TPSA) is 84.0 Å². The number of carbonyl (C=O) groups excluding carboxylic acids is 2. The molecule has 1 aliphatic heterocycles. The van der Waals surface area contributed by atoms with Crippen LogP contribution in [0.2, 0.25) is 0 Å². The Morgan fingerprint density at radius 1 is 1.42 bits per heavy atom. The van der Waals surface area contributed by atoms with Gasteiger partial charge in [-0.15, -0.1) is 10.2 Å². The molecule has 0 spiro atoms. The molecule has 3 rings (SSSR count). The number of benzene rings is 1. The fourth-order valence-electron chi connectivity index (χ4n) is 2.55. The third kappa shape index (κ3) is 4.12. The van der Waals surface area contributed by atoms with E-state index in [0.29, 0.717) is 6.54 Å². The highest BCUT2D eigenvalue weighted by molar-refractivity contribution is 8.01. The van der Waals surface area contributed by atoms with Crippen LogP contribution >= 0.6 is 23.1 Å². The average Bonchev–Trinajstić information content (AvgIpc) is 2.99. The lowest BCUT2D eigenvalue weighted by atomic mass is 9.90. The van der Waals surface area contributed by atoms with Gasteiger partial charge in [0, 0.05) is 24.4 Å². The molecule has 1 aliphatic rings. The highest BCUT2D eigenvalue weighted by Gasteiger charge is 2.29. The molecule has 6 nitrogen and oxygen atoms in total. The Bertz CT molecular complexity index is 747. The number of anilines is 1. The first kappa shape index (κ1) is 16.9. The average molecular weight is 362 g/mol. The molecule has 2 aromatic rings. The smallest absolute Gasteiger partial charge is 0.228 e. The number of nitrogens with one attached hydrogen (secondary N) is 2. The van der Waals surface area contributed by atoms with Gasteiger partial charge < -0.3 is 10.6 Å². The molecule has 24 heavy (non-hydrogen) atoms. The van der Waals surface area contributed by atoms with E-state index in [4.69, 9.17) is 0 Å². The Labute approximate surface area is 148 Å². The van der Waals surface area contributed by atoms with E-state index in [0.717, 1.165) is 32.8 Å². The van der Waals surface area contributed by atoms with E-state index in [-0.39, 0.29) is 18.2 Å². The van der Waals surface area contributed by atoms with Crippen LogP contribution in [0.15, 0.2) is 28.6 Å². The maximum Gasteiger partial charge on any atom is 0.228 e. The van der Waals surface area contributed by atoms with Crippen LogP contribution in [0.25, 0.3) is 0 Å². The highest BCUT2D eigenvalue weighted by Crippen LogP contribution is 2.32. The van der Waals surface area contributed by atoms with Crippen LogP contribution in [-0.2, 0) is 9.59 Å². The van der Waals surface area contributed by atoms with E-state index < -0.39 is 5.92 Å². The molecular formula is C16H18N4O2S2. The van der Waals surface area contributed by atoms with Crippen molar-refractivity contribution in [3.8, 4) is 0 Å². The minimum atomic E-state index is -0.409. The fourth-order valence-corrected chi connectivity index (χ4v) is 4.37. The van der Waals surface area contributed by atoms with Crippen molar-refractivity contribution < 1.29 is 9.59 Å². The molecule has 0 bridgehead atoms. The second-order valence-corrected chi connectivity index (χ2v) is 8.00. The minimum Gasteiger partial charge on any atom is -0.356 e. The summed E-state index contributed by atoms with van der Waals surface area (Å²) >= 11 is 3.22. The normalized spacial score (nSPS) is 16.4. The second-order valence-electron chi connectivity index (χ2n) is 5.47. The number of amides is 2. The Kier molecular flexibility index (Phi) is 5.47. The van der Waals surface area contributed by atoms with Crippen LogP contribution in [0, 0.1) is 6.92 Å². The molecular weight excluding hydrogens is 344 g/mol. The van der Waals surface area contributed by atoms with Gasteiger partial charge in [0.05, 0.1) is 5.92 Å². The first-order valence-corrected chi connectivity index (χ1v) is 9.53. The molecule has 0 saturated carbocycles. The van der Waals surface area contributed by atoms with Crippen molar-refractivity contribution in [1.29, 1.82) is 0 Å². The lowest BCUT2D eigenvalue weighted by molar-refractivity contribution is -0.126. The summed E-state index contributed by atoms with van der Waals surface area (Å²) in [7, 11) is 0. The van der Waals surface area contributed by atoms with Crippen molar-refractivity contribution in [3.05, 3.63) is 34.8 Å². The van der Waals surface area contributed by atoms with Gasteiger partial charge in [-0.25, -0.2) is 0 Å². The number of aromatic nitrogens is 2. The van der Waals surface area contributed by atoms with E-state index in [1.54, 1.807) is 23.1 Å². The summed E-state index contributed by atoms with van der Waals surface area (Å²) in [5.74, 6) is 0.259. The summed E-state index contributed by atoms with van der Waals surface area (Å²) in [4.78, 5) is 24.2. The molecule has 0 aliphatic carbocycles. The Hall–Kier alpha value is -1.93. The lowest BCUT2D eigenvalue weighted by Crippen LogP contribution is -2.35. The molecule has 0 unspecified atom stereocenters. The Morgan fingerprint density at radius 2 is 2.25 bits per heavy atom. The molecule has 2 N–H and O–H groups in total. The van der Waals surface area contributed by atoms with Crippen LogP contribution in [-0.4, -0.2) is 34.3 Å². The summed E-state index contributed by atoms with van der Waals surface area (Å²) in [5.41, 5.74) is 1.62. The molecule has 0 fully saturated rings. The standard InChI is InChI=1S/C16H18N4O2S2/c1-10-19-20-16(24-10)23-8-4-7-17-15(22)12-9-14(21)18-13-6-3-2-5-11(12)13/h2-3,5-6,12H,4,7-9H2,1H3,(H,17,22)(H,18,21)/t12-/m0/s1. The maximum absolute atomic E-state index is 12.4. The van der Waals surface area contributed by atoms with Crippen LogP contribution < -0.4 is 10.6 Å². The molecule has 2 amide bonds. The minimum absolute atomic E-state index is 0.0888. The third-order valence-electron chi connectivity index (χ3n) is 3.67. The molecule has 0 saturated heterocycles. The summed E-state index contributed by atoms with van der Waals surface area (Å²) in [6.07, 6.45) is 1.04. The van der Waals surface area contributed by atoms with Gasteiger partial charge in [0.2, 0.25) is 11.8 Å². The molecule has 1 aromatic carbocycles. The first-order chi connectivity index (χ1) is 11.6. The Morgan fingerprint density at radius 3 is 3.04 bits per heavy atom. The van der Waals surface area contributed by atoms with E-state index in [1.807, 2.05) is 31.2 Å². The number of nitrogens with zero attached hydrogens (tertiary/aromatic N) is 2. The van der Waals surface area contributed by atoms with Gasteiger partial charge >= 0.3 is 0 Å². The fraction of sp³-hybridized carbons (Fsp3) is 0.375. The van der Waals surface area contributed by atoms with E-state index in [9.17, 15) is 9.59 Å². The second kappa shape index (κ2) is 7.76. The van der Waals surface area contributed by atoms with Gasteiger partial charge in [-0.2, -0.15) is 0 Å². The largest absolute Gasteiger partial charge is 0.356 e. The van der Waals surface area contributed by atoms with E-state index in [2.05, 4.69) is 20.8 Å². The highest BCUT2D eigenvalue weighted by atomic mass is 32.2. The number of rotatable bonds is 6. The molecule has 2 heterocycles. The third-order valence-corrected chi connectivity index (χ3v) is 5.73. The number of fused-ring (bicyclic) bond motifs is 1. The lowest BCUT2D eigenvalue weighted by Gasteiger charge is -2.24. The molecule has 1 aromatic heterocycles. The molecule has 0 radical (unpaired) electrons. The number of aryl methyl sites for hydroxylation is 1. The van der Waals surface area contributed by atoms with Crippen molar-refractivity contribution in [2.24, 2.45) is 0 Å². The molecule has 8 heteroatoms. The zero-order valence-electron chi connectivity index (χ0n) is 13.2. The van der Waals surface area contributed by atoms with Gasteiger partial charge in [0.15, 0.2) is 4.34 Å². The molecule has 126 valence electrons. The van der Waals surface area contributed by atoms with Crippen molar-refractivity contribution in [3.63, 3.8) is 0 Å². The summed E-state index contributed by atoms with van der Waals surface area (Å²) in [6.45, 7) is 2.52. The predicted molar refractivity (Wildman–Crippen MR) is 95.4 cm³/mol. The van der Waals surface area contributed by atoms with Gasteiger partial charge in [0.25, 0.3) is 0 Å². The van der Waals surface area contributed by atoms with Gasteiger partial charge in [0.1, 0.15) is 5.01 Å². The summed E-state index contributed by atoms with van der Waals surface area (Å²) in [6, 6.07) is 7.46. The van der Waals surface area contributed by atoms with Crippen molar-refractivity contribution in [1.82, 2.24) is 15.5 Å². The number of para-hydroxylation sites is 1. The predicted octanol–water partition coefficient (Wildman–Crippen LogP) is 2.57. The van der Waals surface area contributed by atoms with Crippen LogP contribution in [0.4, 0.5) is 5.69 Å². The number of hydrogen-bond donors (Lipinski definition) is 2. The zero-order valence-corrected chi connectivity index (χ0v) is 14.9. The summed E-state index contributed by atoms with van der Waals surface area (Å²) < 4.78 is 0.955. The van der Waals surface area contributed by atoms with Crippen LogP contribution in [0.3, 0.4) is 0 Å². The zero-order chi connectivity index (χ0) is 16.9. The van der Waals surface area contributed by atoms with Gasteiger partial charge in [-0.3, -0.25) is 9.59 Å². The van der Waals surface area contributed by atoms with Crippen molar-refractivity contribution >= 4 is 40.6 Å². The number of carbonyl (C=O) groups is 2. The number of hydrogen-bond acceptors (Lipinski definition) is 6.